The number of aromatic nitrogens is 2. The fourth-order valence-corrected chi connectivity index (χ4v) is 3.17. The van der Waals surface area contributed by atoms with Gasteiger partial charge in [0.1, 0.15) is 0 Å². The summed E-state index contributed by atoms with van der Waals surface area (Å²) >= 11 is 0. The standard InChI is InChI=1S/C20H28N4O2/c1-13(2)15-4-6-16(7-5-15)20-23-19(26-24-20)9-8-18(25)22-17-12-21-11-10-14(17)3/h4-7,13-14,17,21H,8-12H2,1-3H3,(H,22,25). The van der Waals surface area contributed by atoms with Gasteiger partial charge in [-0.25, -0.2) is 0 Å². The van der Waals surface area contributed by atoms with E-state index in [1.165, 1.54) is 5.56 Å². The lowest BCUT2D eigenvalue weighted by Gasteiger charge is -2.30. The van der Waals surface area contributed by atoms with E-state index in [4.69, 9.17) is 4.52 Å². The predicted octanol–water partition coefficient (Wildman–Crippen LogP) is 2.91. The van der Waals surface area contributed by atoms with Gasteiger partial charge >= 0.3 is 0 Å². The Morgan fingerprint density at radius 3 is 2.81 bits per heavy atom. The van der Waals surface area contributed by atoms with Crippen molar-refractivity contribution in [1.29, 1.82) is 0 Å². The second kappa shape index (κ2) is 8.45. The van der Waals surface area contributed by atoms with E-state index in [1.807, 2.05) is 12.1 Å². The summed E-state index contributed by atoms with van der Waals surface area (Å²) in [5, 5.41) is 10.5. The largest absolute Gasteiger partial charge is 0.352 e. The second-order valence-electron chi connectivity index (χ2n) is 7.43. The number of piperidine rings is 1. The van der Waals surface area contributed by atoms with Crippen molar-refractivity contribution in [3.8, 4) is 11.4 Å². The molecule has 2 heterocycles. The lowest BCUT2D eigenvalue weighted by atomic mass is 9.95. The summed E-state index contributed by atoms with van der Waals surface area (Å²) in [5.41, 5.74) is 2.21. The van der Waals surface area contributed by atoms with Crippen molar-refractivity contribution in [3.63, 3.8) is 0 Å². The average Bonchev–Trinajstić information content (AvgIpc) is 3.11. The predicted molar refractivity (Wildman–Crippen MR) is 101 cm³/mol. The van der Waals surface area contributed by atoms with Gasteiger partial charge in [0.2, 0.25) is 17.6 Å². The van der Waals surface area contributed by atoms with E-state index in [-0.39, 0.29) is 11.9 Å². The van der Waals surface area contributed by atoms with E-state index in [0.717, 1.165) is 25.1 Å². The van der Waals surface area contributed by atoms with Gasteiger partial charge in [0.25, 0.3) is 0 Å². The van der Waals surface area contributed by atoms with Gasteiger partial charge < -0.3 is 15.2 Å². The number of nitrogens with one attached hydrogen (secondary N) is 2. The molecule has 1 aliphatic heterocycles. The van der Waals surface area contributed by atoms with Gasteiger partial charge in [0, 0.05) is 31.0 Å². The molecule has 2 unspecified atom stereocenters. The highest BCUT2D eigenvalue weighted by Crippen LogP contribution is 2.20. The summed E-state index contributed by atoms with van der Waals surface area (Å²) in [6.07, 6.45) is 1.90. The number of hydrogen-bond donors (Lipinski definition) is 2. The smallest absolute Gasteiger partial charge is 0.227 e. The second-order valence-corrected chi connectivity index (χ2v) is 7.43. The normalized spacial score (nSPS) is 20.3. The van der Waals surface area contributed by atoms with Gasteiger partial charge in [-0.05, 0) is 30.4 Å². The molecule has 0 radical (unpaired) electrons. The van der Waals surface area contributed by atoms with Gasteiger partial charge in [0.05, 0.1) is 0 Å². The number of amides is 1. The lowest BCUT2D eigenvalue weighted by molar-refractivity contribution is -0.122. The molecule has 1 aromatic carbocycles. The van der Waals surface area contributed by atoms with Gasteiger partial charge in [-0.2, -0.15) is 4.98 Å². The number of hydrogen-bond acceptors (Lipinski definition) is 5. The summed E-state index contributed by atoms with van der Waals surface area (Å²) in [4.78, 5) is 16.6. The quantitative estimate of drug-likeness (QED) is 0.832. The summed E-state index contributed by atoms with van der Waals surface area (Å²) in [6, 6.07) is 8.39. The van der Waals surface area contributed by atoms with Crippen LogP contribution in [0.1, 0.15) is 51.0 Å². The molecule has 1 fully saturated rings. The molecule has 26 heavy (non-hydrogen) atoms. The maximum Gasteiger partial charge on any atom is 0.227 e. The Balaban J connectivity index is 1.52. The van der Waals surface area contributed by atoms with Crippen LogP contribution >= 0.6 is 0 Å². The molecule has 0 saturated carbocycles. The van der Waals surface area contributed by atoms with Crippen LogP contribution in [0.5, 0.6) is 0 Å². The van der Waals surface area contributed by atoms with E-state index in [1.54, 1.807) is 0 Å². The topological polar surface area (TPSA) is 80.0 Å². The molecule has 1 aromatic heterocycles. The first-order valence-corrected chi connectivity index (χ1v) is 9.46. The molecule has 6 heteroatoms. The first-order valence-electron chi connectivity index (χ1n) is 9.46. The van der Waals surface area contributed by atoms with Crippen LogP contribution in [0.15, 0.2) is 28.8 Å². The summed E-state index contributed by atoms with van der Waals surface area (Å²) < 4.78 is 5.30. The Labute approximate surface area is 154 Å². The number of benzene rings is 1. The highest BCUT2D eigenvalue weighted by Gasteiger charge is 2.22. The number of carbonyl (C=O) groups excluding carboxylic acids is 1. The molecule has 140 valence electrons. The number of aryl methyl sites for hydroxylation is 1. The van der Waals surface area contributed by atoms with Crippen LogP contribution in [-0.4, -0.2) is 35.2 Å². The Morgan fingerprint density at radius 1 is 1.35 bits per heavy atom. The molecule has 6 nitrogen and oxygen atoms in total. The van der Waals surface area contributed by atoms with Crippen LogP contribution in [0.3, 0.4) is 0 Å². The monoisotopic (exact) mass is 356 g/mol. The zero-order valence-electron chi connectivity index (χ0n) is 15.8. The minimum absolute atomic E-state index is 0.0339. The SMILES string of the molecule is CC(C)c1ccc(-c2noc(CCC(=O)NC3CNCCC3C)n2)cc1. The van der Waals surface area contributed by atoms with E-state index in [9.17, 15) is 4.79 Å². The molecule has 0 aliphatic carbocycles. The third kappa shape index (κ3) is 4.69. The molecule has 2 aromatic rings. The van der Waals surface area contributed by atoms with Crippen LogP contribution in [-0.2, 0) is 11.2 Å². The van der Waals surface area contributed by atoms with Crippen molar-refractivity contribution in [2.45, 2.75) is 52.0 Å². The fraction of sp³-hybridized carbons (Fsp3) is 0.550. The zero-order chi connectivity index (χ0) is 18.5. The minimum atomic E-state index is 0.0339. The van der Waals surface area contributed by atoms with Crippen molar-refractivity contribution in [2.24, 2.45) is 5.92 Å². The number of carbonyl (C=O) groups is 1. The average molecular weight is 356 g/mol. The molecular formula is C20H28N4O2. The van der Waals surface area contributed by atoms with Crippen molar-refractivity contribution in [3.05, 3.63) is 35.7 Å². The molecule has 2 atom stereocenters. The molecular weight excluding hydrogens is 328 g/mol. The van der Waals surface area contributed by atoms with Crippen LogP contribution in [0.2, 0.25) is 0 Å². The van der Waals surface area contributed by atoms with E-state index in [0.29, 0.717) is 36.4 Å². The Kier molecular flexibility index (Phi) is 6.04. The maximum absolute atomic E-state index is 12.2. The van der Waals surface area contributed by atoms with Crippen LogP contribution in [0.25, 0.3) is 11.4 Å². The maximum atomic E-state index is 12.2. The van der Waals surface area contributed by atoms with Gasteiger partial charge in [-0.15, -0.1) is 0 Å². The van der Waals surface area contributed by atoms with Crippen LogP contribution < -0.4 is 10.6 Å². The van der Waals surface area contributed by atoms with E-state index in [2.05, 4.69) is 53.7 Å². The Hall–Kier alpha value is -2.21. The highest BCUT2D eigenvalue weighted by atomic mass is 16.5. The summed E-state index contributed by atoms with van der Waals surface area (Å²) in [6.45, 7) is 8.37. The fourth-order valence-electron chi connectivity index (χ4n) is 3.17. The zero-order valence-corrected chi connectivity index (χ0v) is 15.8. The molecule has 1 aliphatic rings. The van der Waals surface area contributed by atoms with Gasteiger partial charge in [-0.3, -0.25) is 4.79 Å². The molecule has 0 spiro atoms. The van der Waals surface area contributed by atoms with E-state index >= 15 is 0 Å². The Morgan fingerprint density at radius 2 is 2.12 bits per heavy atom. The minimum Gasteiger partial charge on any atom is -0.352 e. The molecule has 1 amide bonds. The van der Waals surface area contributed by atoms with Crippen LogP contribution in [0, 0.1) is 5.92 Å². The van der Waals surface area contributed by atoms with Crippen molar-refractivity contribution in [2.75, 3.05) is 13.1 Å². The summed E-state index contributed by atoms with van der Waals surface area (Å²) in [7, 11) is 0. The number of rotatable bonds is 6. The van der Waals surface area contributed by atoms with Crippen LogP contribution in [0.4, 0.5) is 0 Å². The van der Waals surface area contributed by atoms with E-state index < -0.39 is 0 Å². The first-order chi connectivity index (χ1) is 12.5. The molecule has 3 rings (SSSR count). The molecule has 1 saturated heterocycles. The van der Waals surface area contributed by atoms with Gasteiger partial charge in [0.15, 0.2) is 0 Å². The third-order valence-corrected chi connectivity index (χ3v) is 5.04. The molecule has 2 N–H and O–H groups in total. The number of nitrogens with zero attached hydrogens (tertiary/aromatic N) is 2. The van der Waals surface area contributed by atoms with Crippen molar-refractivity contribution >= 4 is 5.91 Å². The van der Waals surface area contributed by atoms with Crippen molar-refractivity contribution in [1.82, 2.24) is 20.8 Å². The first kappa shape index (κ1) is 18.6. The lowest BCUT2D eigenvalue weighted by Crippen LogP contribution is -2.50. The third-order valence-electron chi connectivity index (χ3n) is 5.04. The highest BCUT2D eigenvalue weighted by molar-refractivity contribution is 5.76. The summed E-state index contributed by atoms with van der Waals surface area (Å²) in [5.74, 6) is 2.10. The Bertz CT molecular complexity index is 724. The van der Waals surface area contributed by atoms with Crippen molar-refractivity contribution < 1.29 is 9.32 Å². The van der Waals surface area contributed by atoms with Gasteiger partial charge in [-0.1, -0.05) is 50.2 Å². The molecule has 0 bridgehead atoms.